The number of carbonyl (C=O) groups is 1. The molecule has 0 saturated heterocycles. The average Bonchev–Trinajstić information content (AvgIpc) is 2.65. The number of rotatable bonds is 6. The maximum atomic E-state index is 12.6. The highest BCUT2D eigenvalue weighted by molar-refractivity contribution is 7.92. The molecule has 0 unspecified atom stereocenters. The standard InChI is InChI=1S/C20H24N2O4S/c1-15(12-13-16-8-4-3-5-9-16)21-20(23)19-14-22(27(2,24)25)17-10-6-7-11-18(17)26-19/h3-11,15,19H,12-14H2,1-2H3,(H,21,23)/t15-,19-/m0/s1. The van der Waals surface area contributed by atoms with E-state index in [2.05, 4.69) is 17.4 Å². The second kappa shape index (κ2) is 8.00. The molecule has 0 fully saturated rings. The largest absolute Gasteiger partial charge is 0.476 e. The van der Waals surface area contributed by atoms with Crippen molar-refractivity contribution in [3.05, 3.63) is 60.2 Å². The molecule has 6 nitrogen and oxygen atoms in total. The van der Waals surface area contributed by atoms with Crippen molar-refractivity contribution in [3.8, 4) is 5.75 Å². The molecule has 0 saturated carbocycles. The van der Waals surface area contributed by atoms with Crippen LogP contribution >= 0.6 is 0 Å². The van der Waals surface area contributed by atoms with Crippen LogP contribution in [0.1, 0.15) is 18.9 Å². The summed E-state index contributed by atoms with van der Waals surface area (Å²) in [4.78, 5) is 12.6. The zero-order valence-electron chi connectivity index (χ0n) is 15.5. The van der Waals surface area contributed by atoms with E-state index >= 15 is 0 Å². The highest BCUT2D eigenvalue weighted by Crippen LogP contribution is 2.34. The van der Waals surface area contributed by atoms with Gasteiger partial charge >= 0.3 is 0 Å². The zero-order valence-corrected chi connectivity index (χ0v) is 16.3. The fraction of sp³-hybridized carbons (Fsp3) is 0.350. The molecule has 2 aromatic carbocycles. The highest BCUT2D eigenvalue weighted by atomic mass is 32.2. The Hall–Kier alpha value is -2.54. The lowest BCUT2D eigenvalue weighted by Gasteiger charge is -2.34. The van der Waals surface area contributed by atoms with Gasteiger partial charge in [-0.3, -0.25) is 9.10 Å². The van der Waals surface area contributed by atoms with Gasteiger partial charge in [0, 0.05) is 6.04 Å². The second-order valence-corrected chi connectivity index (χ2v) is 8.71. The van der Waals surface area contributed by atoms with E-state index in [0.29, 0.717) is 11.4 Å². The summed E-state index contributed by atoms with van der Waals surface area (Å²) in [5, 5.41) is 2.94. The Balaban J connectivity index is 1.65. The molecule has 7 heteroatoms. The lowest BCUT2D eigenvalue weighted by molar-refractivity contribution is -0.128. The monoisotopic (exact) mass is 388 g/mol. The quantitative estimate of drug-likeness (QED) is 0.824. The molecular weight excluding hydrogens is 364 g/mol. The molecule has 1 heterocycles. The topological polar surface area (TPSA) is 75.7 Å². The van der Waals surface area contributed by atoms with E-state index < -0.39 is 16.1 Å². The number of amides is 1. The van der Waals surface area contributed by atoms with Gasteiger partial charge in [-0.15, -0.1) is 0 Å². The number of hydrogen-bond donors (Lipinski definition) is 1. The number of carbonyl (C=O) groups excluding carboxylic acids is 1. The van der Waals surface area contributed by atoms with Gasteiger partial charge in [-0.05, 0) is 37.5 Å². The van der Waals surface area contributed by atoms with Gasteiger partial charge in [0.05, 0.1) is 18.5 Å². The predicted molar refractivity (Wildman–Crippen MR) is 105 cm³/mol. The van der Waals surface area contributed by atoms with Crippen LogP contribution in [-0.4, -0.2) is 39.3 Å². The lowest BCUT2D eigenvalue weighted by atomic mass is 10.1. The van der Waals surface area contributed by atoms with E-state index in [-0.39, 0.29) is 18.5 Å². The molecule has 1 amide bonds. The van der Waals surface area contributed by atoms with Gasteiger partial charge < -0.3 is 10.1 Å². The summed E-state index contributed by atoms with van der Waals surface area (Å²) in [6.07, 6.45) is 1.89. The molecule has 0 aliphatic carbocycles. The predicted octanol–water partition coefficient (Wildman–Crippen LogP) is 2.35. The van der Waals surface area contributed by atoms with Gasteiger partial charge in [-0.2, -0.15) is 0 Å². The Morgan fingerprint density at radius 1 is 1.19 bits per heavy atom. The first-order chi connectivity index (χ1) is 12.8. The molecular formula is C20H24N2O4S. The first kappa shape index (κ1) is 19.2. The van der Waals surface area contributed by atoms with E-state index in [4.69, 9.17) is 4.74 Å². The molecule has 0 spiro atoms. The summed E-state index contributed by atoms with van der Waals surface area (Å²) < 4.78 is 31.3. The molecule has 1 aliphatic rings. The average molecular weight is 388 g/mol. The van der Waals surface area contributed by atoms with Crippen molar-refractivity contribution < 1.29 is 17.9 Å². The van der Waals surface area contributed by atoms with Crippen molar-refractivity contribution in [1.82, 2.24) is 5.32 Å². The Labute approximate surface area is 160 Å². The number of para-hydroxylation sites is 2. The molecule has 1 N–H and O–H groups in total. The molecule has 2 atom stereocenters. The summed E-state index contributed by atoms with van der Waals surface area (Å²) in [5.74, 6) is 0.0879. The maximum Gasteiger partial charge on any atom is 0.263 e. The SMILES string of the molecule is C[C@@H](CCc1ccccc1)NC(=O)[C@@H]1CN(S(C)(=O)=O)c2ccccc2O1. The molecule has 0 bridgehead atoms. The molecule has 3 rings (SSSR count). The first-order valence-corrected chi connectivity index (χ1v) is 10.8. The van der Waals surface area contributed by atoms with Crippen LogP contribution in [0.3, 0.4) is 0 Å². The maximum absolute atomic E-state index is 12.6. The molecule has 1 aliphatic heterocycles. The van der Waals surface area contributed by atoms with Crippen molar-refractivity contribution in [1.29, 1.82) is 0 Å². The first-order valence-electron chi connectivity index (χ1n) is 8.92. The van der Waals surface area contributed by atoms with Gasteiger partial charge in [-0.1, -0.05) is 42.5 Å². The third-order valence-electron chi connectivity index (χ3n) is 4.53. The number of fused-ring (bicyclic) bond motifs is 1. The van der Waals surface area contributed by atoms with Crippen LogP contribution < -0.4 is 14.4 Å². The number of sulfonamides is 1. The van der Waals surface area contributed by atoms with Gasteiger partial charge in [-0.25, -0.2) is 8.42 Å². The number of anilines is 1. The number of aryl methyl sites for hydroxylation is 1. The number of nitrogens with zero attached hydrogens (tertiary/aromatic N) is 1. The fourth-order valence-electron chi connectivity index (χ4n) is 3.09. The molecule has 0 aromatic heterocycles. The van der Waals surface area contributed by atoms with E-state index in [1.165, 1.54) is 9.87 Å². The van der Waals surface area contributed by atoms with Crippen LogP contribution in [0.25, 0.3) is 0 Å². The van der Waals surface area contributed by atoms with Crippen LogP contribution in [0.2, 0.25) is 0 Å². The Morgan fingerprint density at radius 2 is 1.85 bits per heavy atom. The van der Waals surface area contributed by atoms with Crippen LogP contribution in [-0.2, 0) is 21.2 Å². The van der Waals surface area contributed by atoms with Crippen LogP contribution in [0.5, 0.6) is 5.75 Å². The summed E-state index contributed by atoms with van der Waals surface area (Å²) in [5.41, 5.74) is 1.67. The van der Waals surface area contributed by atoms with E-state index in [1.54, 1.807) is 24.3 Å². The van der Waals surface area contributed by atoms with Gasteiger partial charge in [0.15, 0.2) is 6.10 Å². The fourth-order valence-corrected chi connectivity index (χ4v) is 4.00. The molecule has 2 aromatic rings. The Kier molecular flexibility index (Phi) is 5.70. The number of benzene rings is 2. The normalized spacial score (nSPS) is 17.6. The van der Waals surface area contributed by atoms with Crippen molar-refractivity contribution >= 4 is 21.6 Å². The van der Waals surface area contributed by atoms with Gasteiger partial charge in [0.1, 0.15) is 5.75 Å². The van der Waals surface area contributed by atoms with Crippen molar-refractivity contribution in [3.63, 3.8) is 0 Å². The minimum Gasteiger partial charge on any atom is -0.476 e. The van der Waals surface area contributed by atoms with Crippen LogP contribution in [0.4, 0.5) is 5.69 Å². The van der Waals surface area contributed by atoms with Gasteiger partial charge in [0.2, 0.25) is 10.0 Å². The van der Waals surface area contributed by atoms with E-state index in [9.17, 15) is 13.2 Å². The zero-order chi connectivity index (χ0) is 19.4. The second-order valence-electron chi connectivity index (χ2n) is 6.80. The number of hydrogen-bond acceptors (Lipinski definition) is 4. The summed E-state index contributed by atoms with van der Waals surface area (Å²) in [6.45, 7) is 1.90. The van der Waals surface area contributed by atoms with Gasteiger partial charge in [0.25, 0.3) is 5.91 Å². The lowest BCUT2D eigenvalue weighted by Crippen LogP contribution is -2.52. The highest BCUT2D eigenvalue weighted by Gasteiger charge is 2.35. The van der Waals surface area contributed by atoms with E-state index in [1.807, 2.05) is 25.1 Å². The van der Waals surface area contributed by atoms with Crippen molar-refractivity contribution in [2.24, 2.45) is 0 Å². The minimum atomic E-state index is -3.51. The van der Waals surface area contributed by atoms with Crippen LogP contribution in [0, 0.1) is 0 Å². The van der Waals surface area contributed by atoms with Crippen molar-refractivity contribution in [2.75, 3.05) is 17.1 Å². The molecule has 27 heavy (non-hydrogen) atoms. The Morgan fingerprint density at radius 3 is 2.56 bits per heavy atom. The third-order valence-corrected chi connectivity index (χ3v) is 5.67. The smallest absolute Gasteiger partial charge is 0.263 e. The molecule has 0 radical (unpaired) electrons. The van der Waals surface area contributed by atoms with E-state index in [0.717, 1.165) is 19.1 Å². The van der Waals surface area contributed by atoms with Crippen molar-refractivity contribution in [2.45, 2.75) is 31.9 Å². The van der Waals surface area contributed by atoms with Crippen LogP contribution in [0.15, 0.2) is 54.6 Å². The third kappa shape index (κ3) is 4.80. The number of ether oxygens (including phenoxy) is 1. The minimum absolute atomic E-state index is 0.0346. The molecule has 144 valence electrons. The summed E-state index contributed by atoms with van der Waals surface area (Å²) >= 11 is 0. The summed E-state index contributed by atoms with van der Waals surface area (Å²) in [6, 6.07) is 16.9. The Bertz CT molecular complexity index is 899. The number of nitrogens with one attached hydrogen (secondary N) is 1. The summed E-state index contributed by atoms with van der Waals surface area (Å²) in [7, 11) is -3.51.